The maximum absolute atomic E-state index is 13.3. The highest BCUT2D eigenvalue weighted by Crippen LogP contribution is 2.31. The fourth-order valence-corrected chi connectivity index (χ4v) is 1.97. The summed E-state index contributed by atoms with van der Waals surface area (Å²) in [6.45, 7) is 3.83. The monoisotopic (exact) mass is 286 g/mol. The van der Waals surface area contributed by atoms with Gasteiger partial charge in [-0.15, -0.1) is 0 Å². The molecule has 1 N–H and O–H groups in total. The number of para-hydroxylation sites is 1. The van der Waals surface area contributed by atoms with E-state index in [1.54, 1.807) is 0 Å². The van der Waals surface area contributed by atoms with Crippen LogP contribution >= 0.6 is 0 Å². The van der Waals surface area contributed by atoms with Crippen LogP contribution in [0.4, 0.5) is 4.39 Å². The van der Waals surface area contributed by atoms with Crippen molar-refractivity contribution in [3.63, 3.8) is 0 Å². The Bertz CT molecular complexity index is 685. The number of rotatable bonds is 4. The summed E-state index contributed by atoms with van der Waals surface area (Å²) in [6, 6.07) is 9.76. The standard InChI is InChI=1S/C17H15FO3/c1-11-4-3-5-12(2)17(11)21-15-8-7-14(18)10-13(15)6-9-16(19)20/h3-10H,1-2H3,(H,19,20)/b9-6+. The molecule has 0 atom stereocenters. The zero-order valence-corrected chi connectivity index (χ0v) is 11.8. The molecule has 2 rings (SSSR count). The van der Waals surface area contributed by atoms with Gasteiger partial charge in [0.2, 0.25) is 0 Å². The van der Waals surface area contributed by atoms with Gasteiger partial charge in [0.05, 0.1) is 0 Å². The van der Waals surface area contributed by atoms with E-state index in [9.17, 15) is 9.18 Å². The van der Waals surface area contributed by atoms with Crippen LogP contribution in [0.25, 0.3) is 6.08 Å². The predicted octanol–water partition coefficient (Wildman–Crippen LogP) is 4.33. The normalized spacial score (nSPS) is 10.8. The van der Waals surface area contributed by atoms with E-state index in [1.165, 1.54) is 24.3 Å². The molecule has 0 fully saturated rings. The minimum absolute atomic E-state index is 0.375. The molecule has 2 aromatic rings. The molecular formula is C17H15FO3. The van der Waals surface area contributed by atoms with E-state index >= 15 is 0 Å². The molecule has 3 nitrogen and oxygen atoms in total. The number of aryl methyl sites for hydroxylation is 2. The van der Waals surface area contributed by atoms with Gasteiger partial charge in [0.25, 0.3) is 0 Å². The number of benzene rings is 2. The van der Waals surface area contributed by atoms with E-state index in [0.717, 1.165) is 17.2 Å². The second-order valence-electron chi connectivity index (χ2n) is 4.68. The number of halogens is 1. The lowest BCUT2D eigenvalue weighted by Gasteiger charge is -2.13. The van der Waals surface area contributed by atoms with Crippen LogP contribution in [0.5, 0.6) is 11.5 Å². The molecule has 0 spiro atoms. The van der Waals surface area contributed by atoms with Crippen LogP contribution < -0.4 is 4.74 Å². The van der Waals surface area contributed by atoms with E-state index in [1.807, 2.05) is 32.0 Å². The Morgan fingerprint density at radius 3 is 2.48 bits per heavy atom. The Hall–Kier alpha value is -2.62. The van der Waals surface area contributed by atoms with Crippen LogP contribution in [0.1, 0.15) is 16.7 Å². The second-order valence-corrected chi connectivity index (χ2v) is 4.68. The molecule has 0 radical (unpaired) electrons. The number of hydrogen-bond donors (Lipinski definition) is 1. The smallest absolute Gasteiger partial charge is 0.328 e. The van der Waals surface area contributed by atoms with Crippen LogP contribution in [-0.2, 0) is 4.79 Å². The summed E-state index contributed by atoms with van der Waals surface area (Å²) < 4.78 is 19.2. The summed E-state index contributed by atoms with van der Waals surface area (Å²) in [6.07, 6.45) is 2.26. The topological polar surface area (TPSA) is 46.5 Å². The van der Waals surface area contributed by atoms with E-state index in [2.05, 4.69) is 0 Å². The number of aliphatic carboxylic acids is 1. The SMILES string of the molecule is Cc1cccc(C)c1Oc1ccc(F)cc1/C=C/C(=O)O. The third-order valence-electron chi connectivity index (χ3n) is 3.00. The van der Waals surface area contributed by atoms with Gasteiger partial charge in [-0.1, -0.05) is 18.2 Å². The Kier molecular flexibility index (Phi) is 4.38. The van der Waals surface area contributed by atoms with Crippen molar-refractivity contribution < 1.29 is 19.0 Å². The van der Waals surface area contributed by atoms with E-state index in [-0.39, 0.29) is 0 Å². The second kappa shape index (κ2) is 6.22. The summed E-state index contributed by atoms with van der Waals surface area (Å²) >= 11 is 0. The molecule has 0 aliphatic rings. The first-order valence-corrected chi connectivity index (χ1v) is 6.42. The van der Waals surface area contributed by atoms with Crippen molar-refractivity contribution in [3.05, 3.63) is 65.0 Å². The number of hydrogen-bond acceptors (Lipinski definition) is 2. The van der Waals surface area contributed by atoms with Crippen molar-refractivity contribution in [3.8, 4) is 11.5 Å². The summed E-state index contributed by atoms with van der Waals surface area (Å²) in [5, 5.41) is 8.69. The average Bonchev–Trinajstić information content (AvgIpc) is 2.42. The summed E-state index contributed by atoms with van der Waals surface area (Å²) in [4.78, 5) is 10.6. The van der Waals surface area contributed by atoms with Crippen LogP contribution in [0, 0.1) is 19.7 Å². The van der Waals surface area contributed by atoms with Gasteiger partial charge in [-0.2, -0.15) is 0 Å². The quantitative estimate of drug-likeness (QED) is 0.851. The number of carboxylic acid groups (broad SMARTS) is 1. The summed E-state index contributed by atoms with van der Waals surface area (Å²) in [7, 11) is 0. The molecule has 0 aliphatic heterocycles. The Morgan fingerprint density at radius 1 is 1.19 bits per heavy atom. The van der Waals surface area contributed by atoms with E-state index in [4.69, 9.17) is 9.84 Å². The molecule has 0 heterocycles. The molecule has 0 saturated heterocycles. The minimum Gasteiger partial charge on any atom is -0.478 e. The Balaban J connectivity index is 2.42. The number of ether oxygens (including phenoxy) is 1. The van der Waals surface area contributed by atoms with Gasteiger partial charge in [-0.3, -0.25) is 0 Å². The lowest BCUT2D eigenvalue weighted by Crippen LogP contribution is -1.94. The summed E-state index contributed by atoms with van der Waals surface area (Å²) in [5.74, 6) is -0.452. The average molecular weight is 286 g/mol. The molecule has 0 unspecified atom stereocenters. The van der Waals surface area contributed by atoms with Gasteiger partial charge < -0.3 is 9.84 Å². The van der Waals surface area contributed by atoms with Crippen molar-refractivity contribution in [1.82, 2.24) is 0 Å². The zero-order valence-electron chi connectivity index (χ0n) is 11.8. The van der Waals surface area contributed by atoms with Crippen molar-refractivity contribution in [2.45, 2.75) is 13.8 Å². The molecular weight excluding hydrogens is 271 g/mol. The highest BCUT2D eigenvalue weighted by molar-refractivity contribution is 5.85. The third-order valence-corrected chi connectivity index (χ3v) is 3.00. The first kappa shape index (κ1) is 14.8. The number of carbonyl (C=O) groups is 1. The minimum atomic E-state index is -1.10. The van der Waals surface area contributed by atoms with Crippen molar-refractivity contribution in [1.29, 1.82) is 0 Å². The molecule has 0 aliphatic carbocycles. The molecule has 0 aromatic heterocycles. The summed E-state index contributed by atoms with van der Waals surface area (Å²) in [5.41, 5.74) is 2.28. The van der Waals surface area contributed by atoms with Crippen LogP contribution in [0.3, 0.4) is 0 Å². The van der Waals surface area contributed by atoms with Crippen molar-refractivity contribution in [2.24, 2.45) is 0 Å². The highest BCUT2D eigenvalue weighted by Gasteiger charge is 2.09. The lowest BCUT2D eigenvalue weighted by atomic mass is 10.1. The molecule has 0 bridgehead atoms. The van der Waals surface area contributed by atoms with Crippen molar-refractivity contribution in [2.75, 3.05) is 0 Å². The maximum Gasteiger partial charge on any atom is 0.328 e. The van der Waals surface area contributed by atoms with Crippen LogP contribution in [-0.4, -0.2) is 11.1 Å². The van der Waals surface area contributed by atoms with Gasteiger partial charge >= 0.3 is 5.97 Å². The largest absolute Gasteiger partial charge is 0.478 e. The van der Waals surface area contributed by atoms with E-state index in [0.29, 0.717) is 17.1 Å². The number of carboxylic acids is 1. The Labute approximate surface area is 122 Å². The van der Waals surface area contributed by atoms with Gasteiger partial charge in [0.15, 0.2) is 0 Å². The maximum atomic E-state index is 13.3. The fourth-order valence-electron chi connectivity index (χ4n) is 1.97. The molecule has 21 heavy (non-hydrogen) atoms. The van der Waals surface area contributed by atoms with Gasteiger partial charge in [-0.25, -0.2) is 9.18 Å². The molecule has 0 saturated carbocycles. The van der Waals surface area contributed by atoms with Gasteiger partial charge in [0.1, 0.15) is 17.3 Å². The Morgan fingerprint density at radius 2 is 1.86 bits per heavy atom. The first-order valence-electron chi connectivity index (χ1n) is 6.42. The van der Waals surface area contributed by atoms with Gasteiger partial charge in [0, 0.05) is 11.6 Å². The third kappa shape index (κ3) is 3.69. The van der Waals surface area contributed by atoms with Crippen molar-refractivity contribution >= 4 is 12.0 Å². The highest BCUT2D eigenvalue weighted by atomic mass is 19.1. The van der Waals surface area contributed by atoms with Crippen LogP contribution in [0.15, 0.2) is 42.5 Å². The zero-order chi connectivity index (χ0) is 15.4. The van der Waals surface area contributed by atoms with Crippen LogP contribution in [0.2, 0.25) is 0 Å². The predicted molar refractivity (Wildman–Crippen MR) is 79.1 cm³/mol. The van der Waals surface area contributed by atoms with E-state index < -0.39 is 11.8 Å². The molecule has 2 aromatic carbocycles. The fraction of sp³-hybridized carbons (Fsp3) is 0.118. The molecule has 0 amide bonds. The first-order chi connectivity index (χ1) is 9.97. The molecule has 4 heteroatoms. The van der Waals surface area contributed by atoms with Gasteiger partial charge in [-0.05, 0) is 49.2 Å². The molecule has 108 valence electrons. The lowest BCUT2D eigenvalue weighted by molar-refractivity contribution is -0.131.